The molecule has 0 radical (unpaired) electrons. The lowest BCUT2D eigenvalue weighted by atomic mass is 9.99. The molecule has 0 saturated heterocycles. The Bertz CT molecular complexity index is 1250. The summed E-state index contributed by atoms with van der Waals surface area (Å²) < 4.78 is 0.0614. The van der Waals surface area contributed by atoms with E-state index in [-0.39, 0.29) is 10.4 Å². The molecule has 0 heterocycles. The number of quaternary nitrogens is 1. The van der Waals surface area contributed by atoms with Crippen LogP contribution in [0, 0.1) is 20.8 Å². The summed E-state index contributed by atoms with van der Waals surface area (Å²) in [6.07, 6.45) is 0.745. The molecule has 2 atom stereocenters. The van der Waals surface area contributed by atoms with E-state index in [0.29, 0.717) is 6.54 Å². The lowest BCUT2D eigenvalue weighted by Crippen LogP contribution is -2.55. The number of nitrogens with zero attached hydrogens (tertiary/aromatic N) is 1. The summed E-state index contributed by atoms with van der Waals surface area (Å²) in [5, 5.41) is 0. The number of benzene rings is 4. The fourth-order valence-electron chi connectivity index (χ4n) is 4.51. The van der Waals surface area contributed by atoms with E-state index in [1.54, 1.807) is 0 Å². The number of hydrogen-bond acceptors (Lipinski definition) is 2. The minimum atomic E-state index is -0.749. The second kappa shape index (κ2) is 10.2. The van der Waals surface area contributed by atoms with Crippen LogP contribution in [0.25, 0.3) is 0 Å². The molecule has 0 fully saturated rings. The number of hydrogen-bond donors (Lipinski definition) is 1. The maximum absolute atomic E-state index is 14.5. The van der Waals surface area contributed by atoms with Crippen molar-refractivity contribution in [1.29, 1.82) is 0 Å². The van der Waals surface area contributed by atoms with Crippen LogP contribution >= 0.6 is 0 Å². The van der Waals surface area contributed by atoms with E-state index in [1.165, 1.54) is 16.7 Å². The van der Waals surface area contributed by atoms with Crippen LogP contribution in [0.4, 0.5) is 11.4 Å². The zero-order valence-corrected chi connectivity index (χ0v) is 20.2. The van der Waals surface area contributed by atoms with E-state index in [1.807, 2.05) is 60.7 Å². The molecule has 34 heavy (non-hydrogen) atoms. The third kappa shape index (κ3) is 4.72. The molecular formula is C31H33N2O+. The first-order valence-electron chi connectivity index (χ1n) is 11.8. The Morgan fingerprint density at radius 2 is 1.35 bits per heavy atom. The molecule has 0 aromatic heterocycles. The molecule has 2 N–H and O–H groups in total. The predicted octanol–water partition coefficient (Wildman–Crippen LogP) is 6.72. The van der Waals surface area contributed by atoms with Crippen molar-refractivity contribution in [2.24, 2.45) is 5.73 Å². The molecule has 1 amide bonds. The van der Waals surface area contributed by atoms with Gasteiger partial charge in [0.1, 0.15) is 17.4 Å². The summed E-state index contributed by atoms with van der Waals surface area (Å²) in [6.45, 7) is 6.86. The average molecular weight is 450 g/mol. The highest BCUT2D eigenvalue weighted by Crippen LogP contribution is 2.39. The van der Waals surface area contributed by atoms with Gasteiger partial charge in [0.25, 0.3) is 0 Å². The Balaban J connectivity index is 1.89. The van der Waals surface area contributed by atoms with E-state index >= 15 is 0 Å². The SMILES string of the molecule is Cc1ccc(CC[N+](C(=O)C(N)c2ccccc2)(c2ccccc2)c2ccc(C)c(C)c2)cc1. The number of carbonyl (C=O) groups excluding carboxylic acids is 1. The maximum atomic E-state index is 14.5. The molecule has 3 heteroatoms. The summed E-state index contributed by atoms with van der Waals surface area (Å²) in [6, 6.07) is 33.9. The Kier molecular flexibility index (Phi) is 7.06. The van der Waals surface area contributed by atoms with Crippen LogP contribution in [-0.4, -0.2) is 12.5 Å². The number of nitrogens with two attached hydrogens (primary N) is 1. The first-order chi connectivity index (χ1) is 16.4. The van der Waals surface area contributed by atoms with E-state index in [2.05, 4.69) is 63.2 Å². The molecule has 0 aliphatic rings. The first-order valence-corrected chi connectivity index (χ1v) is 11.8. The van der Waals surface area contributed by atoms with E-state index < -0.39 is 6.04 Å². The van der Waals surface area contributed by atoms with Crippen LogP contribution in [0.5, 0.6) is 0 Å². The van der Waals surface area contributed by atoms with E-state index in [4.69, 9.17) is 5.73 Å². The van der Waals surface area contributed by atoms with Gasteiger partial charge >= 0.3 is 5.91 Å². The third-order valence-corrected chi connectivity index (χ3v) is 6.79. The van der Waals surface area contributed by atoms with Crippen molar-refractivity contribution < 1.29 is 4.79 Å². The van der Waals surface area contributed by atoms with Gasteiger partial charge < -0.3 is 5.73 Å². The fourth-order valence-corrected chi connectivity index (χ4v) is 4.51. The highest BCUT2D eigenvalue weighted by atomic mass is 16.2. The lowest BCUT2D eigenvalue weighted by Gasteiger charge is -2.37. The maximum Gasteiger partial charge on any atom is 0.345 e. The number of carbonyl (C=O) groups is 1. The summed E-state index contributed by atoms with van der Waals surface area (Å²) in [7, 11) is 0. The largest absolute Gasteiger partial charge is 0.345 e. The van der Waals surface area contributed by atoms with Crippen LogP contribution in [0.15, 0.2) is 103 Å². The van der Waals surface area contributed by atoms with Gasteiger partial charge in [-0.3, -0.25) is 0 Å². The van der Waals surface area contributed by atoms with Gasteiger partial charge in [0.2, 0.25) is 0 Å². The minimum absolute atomic E-state index is 0.0345. The molecule has 0 bridgehead atoms. The van der Waals surface area contributed by atoms with Crippen molar-refractivity contribution in [3.8, 4) is 0 Å². The molecule has 0 saturated carbocycles. The van der Waals surface area contributed by atoms with Crippen molar-refractivity contribution >= 4 is 17.3 Å². The summed E-state index contributed by atoms with van der Waals surface area (Å²) in [4.78, 5) is 14.5. The summed E-state index contributed by atoms with van der Waals surface area (Å²) >= 11 is 0. The van der Waals surface area contributed by atoms with Crippen molar-refractivity contribution in [3.05, 3.63) is 131 Å². The highest BCUT2D eigenvalue weighted by molar-refractivity contribution is 5.99. The van der Waals surface area contributed by atoms with Crippen LogP contribution < -0.4 is 10.2 Å². The number of para-hydroxylation sites is 1. The second-order valence-electron chi connectivity index (χ2n) is 9.10. The Hall–Kier alpha value is -3.53. The molecule has 4 aromatic rings. The molecule has 0 spiro atoms. The molecule has 2 unspecified atom stereocenters. The van der Waals surface area contributed by atoms with Gasteiger partial charge in [-0.05, 0) is 43.0 Å². The second-order valence-corrected chi connectivity index (χ2v) is 9.10. The molecule has 4 rings (SSSR count). The Morgan fingerprint density at radius 3 is 1.97 bits per heavy atom. The van der Waals surface area contributed by atoms with Crippen molar-refractivity contribution in [3.63, 3.8) is 0 Å². The number of aryl methyl sites for hydroxylation is 3. The number of rotatable bonds is 7. The van der Waals surface area contributed by atoms with Crippen molar-refractivity contribution in [2.75, 3.05) is 6.54 Å². The average Bonchev–Trinajstić information content (AvgIpc) is 2.88. The molecular weight excluding hydrogens is 416 g/mol. The van der Waals surface area contributed by atoms with Crippen molar-refractivity contribution in [2.45, 2.75) is 33.2 Å². The van der Waals surface area contributed by atoms with Gasteiger partial charge in [-0.1, -0.05) is 84.4 Å². The van der Waals surface area contributed by atoms with Crippen LogP contribution in [-0.2, 0) is 11.2 Å². The van der Waals surface area contributed by atoms with Crippen LogP contribution in [0.2, 0.25) is 0 Å². The lowest BCUT2D eigenvalue weighted by molar-refractivity contribution is -0.129. The smallest absolute Gasteiger partial charge is 0.313 e. The van der Waals surface area contributed by atoms with Gasteiger partial charge in [-0.15, -0.1) is 0 Å². The predicted molar refractivity (Wildman–Crippen MR) is 142 cm³/mol. The zero-order chi connectivity index (χ0) is 24.1. The first kappa shape index (κ1) is 23.6. The summed E-state index contributed by atoms with van der Waals surface area (Å²) in [5.41, 5.74) is 14.2. The fraction of sp³-hybridized carbons (Fsp3) is 0.194. The Morgan fingerprint density at radius 1 is 0.735 bits per heavy atom. The topological polar surface area (TPSA) is 43.1 Å². The quantitative estimate of drug-likeness (QED) is 0.318. The van der Waals surface area contributed by atoms with Crippen LogP contribution in [0.1, 0.15) is 33.9 Å². The van der Waals surface area contributed by atoms with Gasteiger partial charge in [0.15, 0.2) is 0 Å². The van der Waals surface area contributed by atoms with Crippen LogP contribution in [0.3, 0.4) is 0 Å². The van der Waals surface area contributed by atoms with Gasteiger partial charge in [0, 0.05) is 30.7 Å². The van der Waals surface area contributed by atoms with Gasteiger partial charge in [-0.25, -0.2) is 4.79 Å². The van der Waals surface area contributed by atoms with Crippen molar-refractivity contribution in [1.82, 2.24) is 4.48 Å². The van der Waals surface area contributed by atoms with E-state index in [0.717, 1.165) is 28.9 Å². The standard InChI is InChI=1S/C31H33N2O/c1-23-14-17-26(18-15-23)20-21-33(28-12-8-5-9-13-28,29-19-16-24(2)25(3)22-29)31(34)30(32)27-10-6-4-7-11-27/h4-19,22,30H,20-21,32H2,1-3H3/q+1. The number of amides is 1. The summed E-state index contributed by atoms with van der Waals surface area (Å²) in [5.74, 6) is -0.0345. The normalized spacial score (nSPS) is 13.8. The van der Waals surface area contributed by atoms with Gasteiger partial charge in [0.05, 0.1) is 6.54 Å². The molecule has 4 aromatic carbocycles. The molecule has 0 aliphatic heterocycles. The van der Waals surface area contributed by atoms with Gasteiger partial charge in [-0.2, -0.15) is 4.48 Å². The molecule has 172 valence electrons. The minimum Gasteiger partial charge on any atom is -0.313 e. The third-order valence-electron chi connectivity index (χ3n) is 6.79. The molecule has 0 aliphatic carbocycles. The van der Waals surface area contributed by atoms with E-state index in [9.17, 15) is 4.79 Å². The zero-order valence-electron chi connectivity index (χ0n) is 20.2. The molecule has 3 nitrogen and oxygen atoms in total. The Labute approximate surface area is 203 Å². The highest BCUT2D eigenvalue weighted by Gasteiger charge is 2.45. The monoisotopic (exact) mass is 449 g/mol.